The zero-order chi connectivity index (χ0) is 17.5. The van der Waals surface area contributed by atoms with Crippen molar-refractivity contribution in [3.63, 3.8) is 0 Å². The van der Waals surface area contributed by atoms with Gasteiger partial charge in [0.05, 0.1) is 17.3 Å². The van der Waals surface area contributed by atoms with E-state index in [4.69, 9.17) is 0 Å². The number of halogens is 3. The van der Waals surface area contributed by atoms with Gasteiger partial charge >= 0.3 is 6.18 Å². The van der Waals surface area contributed by atoms with Crippen molar-refractivity contribution in [2.24, 2.45) is 0 Å². The molecule has 0 fully saturated rings. The molecule has 1 atom stereocenters. The molecule has 3 rings (SSSR count). The van der Waals surface area contributed by atoms with Gasteiger partial charge in [0.15, 0.2) is 0 Å². The molecular formula is C18H17F3N2O. The summed E-state index contributed by atoms with van der Waals surface area (Å²) in [7, 11) is 1.69. The van der Waals surface area contributed by atoms with Gasteiger partial charge in [0.25, 0.3) is 5.91 Å². The molecule has 1 aromatic carbocycles. The molecular weight excluding hydrogens is 317 g/mol. The molecule has 1 unspecified atom stereocenters. The van der Waals surface area contributed by atoms with Crippen molar-refractivity contribution in [1.29, 1.82) is 0 Å². The van der Waals surface area contributed by atoms with Crippen molar-refractivity contribution in [2.75, 3.05) is 7.05 Å². The summed E-state index contributed by atoms with van der Waals surface area (Å²) in [5.41, 5.74) is 1.63. The quantitative estimate of drug-likeness (QED) is 0.826. The summed E-state index contributed by atoms with van der Waals surface area (Å²) in [6.07, 6.45) is -2.81. The third-order valence-corrected chi connectivity index (χ3v) is 4.50. The fourth-order valence-corrected chi connectivity index (χ4v) is 3.21. The van der Waals surface area contributed by atoms with E-state index in [1.165, 1.54) is 18.6 Å². The van der Waals surface area contributed by atoms with Crippen molar-refractivity contribution in [3.8, 4) is 0 Å². The Morgan fingerprint density at radius 2 is 1.92 bits per heavy atom. The molecule has 0 spiro atoms. The van der Waals surface area contributed by atoms with Gasteiger partial charge in [-0.15, -0.1) is 0 Å². The number of aromatic nitrogens is 1. The number of rotatable bonds is 2. The number of nitrogens with zero attached hydrogens (tertiary/aromatic N) is 2. The van der Waals surface area contributed by atoms with E-state index in [1.807, 2.05) is 24.3 Å². The number of hydrogen-bond donors (Lipinski definition) is 0. The molecule has 1 aliphatic rings. The van der Waals surface area contributed by atoms with Crippen LogP contribution in [0.2, 0.25) is 0 Å². The van der Waals surface area contributed by atoms with E-state index >= 15 is 0 Å². The van der Waals surface area contributed by atoms with Gasteiger partial charge in [0.1, 0.15) is 5.69 Å². The van der Waals surface area contributed by atoms with Gasteiger partial charge in [-0.1, -0.05) is 24.3 Å². The summed E-state index contributed by atoms with van der Waals surface area (Å²) in [6.45, 7) is 1.43. The van der Waals surface area contributed by atoms with Crippen LogP contribution >= 0.6 is 0 Å². The van der Waals surface area contributed by atoms with Crippen LogP contribution in [0.4, 0.5) is 13.2 Å². The van der Waals surface area contributed by atoms with E-state index < -0.39 is 11.9 Å². The highest BCUT2D eigenvalue weighted by atomic mass is 19.4. The molecule has 0 aliphatic heterocycles. The number of amides is 1. The third-order valence-electron chi connectivity index (χ3n) is 4.50. The van der Waals surface area contributed by atoms with E-state index in [1.54, 1.807) is 11.9 Å². The Bertz CT molecular complexity index is 786. The molecule has 1 aliphatic carbocycles. The number of carbonyl (C=O) groups excluding carboxylic acids is 1. The Labute approximate surface area is 138 Å². The average molecular weight is 334 g/mol. The first-order chi connectivity index (χ1) is 11.3. The van der Waals surface area contributed by atoms with E-state index in [0.717, 1.165) is 24.5 Å². The Hall–Kier alpha value is -2.37. The predicted octanol–water partition coefficient (Wildman–Crippen LogP) is 4.17. The summed E-state index contributed by atoms with van der Waals surface area (Å²) in [5.74, 6) is -0.310. The highest BCUT2D eigenvalue weighted by Gasteiger charge is 2.34. The van der Waals surface area contributed by atoms with Crippen LogP contribution in [0.15, 0.2) is 36.4 Å². The fourth-order valence-electron chi connectivity index (χ4n) is 3.21. The van der Waals surface area contributed by atoms with Crippen LogP contribution < -0.4 is 0 Å². The molecule has 0 radical (unpaired) electrons. The van der Waals surface area contributed by atoms with Crippen molar-refractivity contribution < 1.29 is 18.0 Å². The first kappa shape index (κ1) is 16.5. The van der Waals surface area contributed by atoms with Crippen molar-refractivity contribution in [2.45, 2.75) is 32.0 Å². The lowest BCUT2D eigenvalue weighted by Gasteiger charge is -2.26. The predicted molar refractivity (Wildman–Crippen MR) is 83.6 cm³/mol. The maximum absolute atomic E-state index is 12.7. The van der Waals surface area contributed by atoms with Gasteiger partial charge < -0.3 is 4.90 Å². The van der Waals surface area contributed by atoms with Gasteiger partial charge in [-0.25, -0.2) is 4.98 Å². The molecule has 6 heteroatoms. The van der Waals surface area contributed by atoms with E-state index in [-0.39, 0.29) is 23.2 Å². The summed E-state index contributed by atoms with van der Waals surface area (Å²) in [5, 5.41) is 0. The van der Waals surface area contributed by atoms with Crippen LogP contribution in [-0.2, 0) is 12.6 Å². The monoisotopic (exact) mass is 334 g/mol. The van der Waals surface area contributed by atoms with Crippen LogP contribution in [0.1, 0.15) is 45.3 Å². The molecule has 126 valence electrons. The minimum atomic E-state index is -4.51. The average Bonchev–Trinajstić information content (AvgIpc) is 2.96. The highest BCUT2D eigenvalue weighted by Crippen LogP contribution is 2.36. The molecule has 0 bridgehead atoms. The van der Waals surface area contributed by atoms with E-state index in [9.17, 15) is 18.0 Å². The molecule has 1 aromatic heterocycles. The van der Waals surface area contributed by atoms with Crippen LogP contribution in [0.3, 0.4) is 0 Å². The summed E-state index contributed by atoms with van der Waals surface area (Å²) < 4.78 is 38.1. The smallest absolute Gasteiger partial charge is 0.335 e. The van der Waals surface area contributed by atoms with Crippen LogP contribution in [0.5, 0.6) is 0 Å². The number of fused-ring (bicyclic) bond motifs is 1. The standard InChI is InChI=1S/C18H17F3N2O/c1-11-13(8-10-16(22-11)18(19,20)21)17(24)23(2)15-9-7-12-5-3-4-6-14(12)15/h3-6,8,10,15H,7,9H2,1-2H3. The second-order valence-electron chi connectivity index (χ2n) is 6.00. The SMILES string of the molecule is Cc1nc(C(F)(F)F)ccc1C(=O)N(C)C1CCc2ccccc21. The Morgan fingerprint density at radius 3 is 2.58 bits per heavy atom. The molecule has 3 nitrogen and oxygen atoms in total. The second-order valence-corrected chi connectivity index (χ2v) is 6.00. The molecule has 0 N–H and O–H groups in total. The zero-order valence-electron chi connectivity index (χ0n) is 13.4. The summed E-state index contributed by atoms with van der Waals surface area (Å²) >= 11 is 0. The van der Waals surface area contributed by atoms with Crippen LogP contribution in [0.25, 0.3) is 0 Å². The molecule has 24 heavy (non-hydrogen) atoms. The lowest BCUT2D eigenvalue weighted by atomic mass is 10.1. The van der Waals surface area contributed by atoms with Crippen molar-refractivity contribution >= 4 is 5.91 Å². The fraction of sp³-hybridized carbons (Fsp3) is 0.333. The van der Waals surface area contributed by atoms with Gasteiger partial charge in [0, 0.05) is 7.05 Å². The molecule has 1 amide bonds. The lowest BCUT2D eigenvalue weighted by Crippen LogP contribution is -2.31. The maximum Gasteiger partial charge on any atom is 0.433 e. The molecule has 2 aromatic rings. The van der Waals surface area contributed by atoms with Crippen LogP contribution in [-0.4, -0.2) is 22.8 Å². The number of aryl methyl sites for hydroxylation is 2. The number of hydrogen-bond acceptors (Lipinski definition) is 2. The number of alkyl halides is 3. The van der Waals surface area contributed by atoms with Gasteiger partial charge in [-0.2, -0.15) is 13.2 Å². The van der Waals surface area contributed by atoms with Crippen LogP contribution in [0, 0.1) is 6.92 Å². The van der Waals surface area contributed by atoms with Gasteiger partial charge in [-0.3, -0.25) is 4.79 Å². The largest absolute Gasteiger partial charge is 0.433 e. The summed E-state index contributed by atoms with van der Waals surface area (Å²) in [6, 6.07) is 9.94. The molecule has 0 saturated heterocycles. The Kier molecular flexibility index (Phi) is 4.07. The maximum atomic E-state index is 12.7. The van der Waals surface area contributed by atoms with Crippen molar-refractivity contribution in [3.05, 3.63) is 64.5 Å². The van der Waals surface area contributed by atoms with Gasteiger partial charge in [-0.05, 0) is 43.0 Å². The minimum Gasteiger partial charge on any atom is -0.335 e. The normalized spacial score (nSPS) is 16.8. The first-order valence-corrected chi connectivity index (χ1v) is 7.69. The number of pyridine rings is 1. The zero-order valence-corrected chi connectivity index (χ0v) is 13.4. The first-order valence-electron chi connectivity index (χ1n) is 7.69. The van der Waals surface area contributed by atoms with Crippen molar-refractivity contribution in [1.82, 2.24) is 9.88 Å². The van der Waals surface area contributed by atoms with E-state index in [0.29, 0.717) is 0 Å². The minimum absolute atomic E-state index is 0.0598. The Morgan fingerprint density at radius 1 is 1.21 bits per heavy atom. The summed E-state index contributed by atoms with van der Waals surface area (Å²) in [4.78, 5) is 17.9. The van der Waals surface area contributed by atoms with Gasteiger partial charge in [0.2, 0.25) is 0 Å². The topological polar surface area (TPSA) is 33.2 Å². The van der Waals surface area contributed by atoms with E-state index in [2.05, 4.69) is 4.98 Å². The third kappa shape index (κ3) is 2.88. The number of benzene rings is 1. The second kappa shape index (κ2) is 5.92. The number of carbonyl (C=O) groups is 1. The lowest BCUT2D eigenvalue weighted by molar-refractivity contribution is -0.141. The highest BCUT2D eigenvalue weighted by molar-refractivity contribution is 5.95. The molecule has 0 saturated carbocycles. The Balaban J connectivity index is 1.87. The molecule has 1 heterocycles.